The summed E-state index contributed by atoms with van der Waals surface area (Å²) in [6.45, 7) is 13.5. The first kappa shape index (κ1) is 37.4. The number of hydrogen-bond acceptors (Lipinski definition) is 6. The first-order valence-electron chi connectivity index (χ1n) is 16.7. The Morgan fingerprint density at radius 2 is 1.50 bits per heavy atom. The van der Waals surface area contributed by atoms with E-state index in [2.05, 4.69) is 36.3 Å². The second kappa shape index (κ2) is 14.6. The lowest BCUT2D eigenvalue weighted by Crippen LogP contribution is -2.29. The fourth-order valence-electron chi connectivity index (χ4n) is 7.00. The molecule has 11 heteroatoms. The van der Waals surface area contributed by atoms with E-state index in [-0.39, 0.29) is 15.6 Å². The van der Waals surface area contributed by atoms with Crippen LogP contribution in [0.2, 0.25) is 0 Å². The van der Waals surface area contributed by atoms with Crippen molar-refractivity contribution in [2.75, 3.05) is 18.0 Å². The summed E-state index contributed by atoms with van der Waals surface area (Å²) in [7, 11) is -8.74. The van der Waals surface area contributed by atoms with Gasteiger partial charge in [-0.05, 0) is 88.9 Å². The molecule has 0 spiro atoms. The summed E-state index contributed by atoms with van der Waals surface area (Å²) in [5, 5.41) is 0. The molecule has 0 saturated carbocycles. The molecule has 2 aliphatic rings. The van der Waals surface area contributed by atoms with Crippen LogP contribution in [0.5, 0.6) is 0 Å². The average Bonchev–Trinajstić information content (AvgIpc) is 3.36. The van der Waals surface area contributed by atoms with E-state index >= 15 is 0 Å². The van der Waals surface area contributed by atoms with Gasteiger partial charge in [-0.2, -0.15) is 21.4 Å². The number of carbonyl (C=O) groups excluding carboxylic acids is 1. The van der Waals surface area contributed by atoms with Gasteiger partial charge in [-0.25, -0.2) is 0 Å². The van der Waals surface area contributed by atoms with Gasteiger partial charge >= 0.3 is 0 Å². The molecular formula is C37H49N2O7S2+. The van der Waals surface area contributed by atoms with Crippen LogP contribution in [0.4, 0.5) is 11.4 Å². The van der Waals surface area contributed by atoms with Crippen molar-refractivity contribution in [3.8, 4) is 0 Å². The van der Waals surface area contributed by atoms with Crippen LogP contribution in [0.3, 0.4) is 0 Å². The summed E-state index contributed by atoms with van der Waals surface area (Å²) in [4.78, 5) is 13.6. The average molecular weight is 698 g/mol. The number of unbranched alkanes of at least 4 members (excludes halogenated alkanes) is 2. The molecule has 0 aliphatic carbocycles. The van der Waals surface area contributed by atoms with Crippen molar-refractivity contribution in [2.24, 2.45) is 0 Å². The zero-order valence-corrected chi connectivity index (χ0v) is 30.5. The summed E-state index contributed by atoms with van der Waals surface area (Å²) >= 11 is 0. The van der Waals surface area contributed by atoms with Crippen LogP contribution in [0, 0.1) is 0 Å². The maximum absolute atomic E-state index is 12.1. The van der Waals surface area contributed by atoms with Gasteiger partial charge < -0.3 is 9.69 Å². The van der Waals surface area contributed by atoms with Crippen LogP contribution in [-0.4, -0.2) is 55.1 Å². The van der Waals surface area contributed by atoms with Gasteiger partial charge in [-0.15, -0.1) is 0 Å². The SMILES string of the molecule is CCCCN1C(=CC=CC=CC2=[N+](CCC)c3ccc(S(=O)(=O)O)cc3C2(C)C)C(C)(CCCCC(C)=O)c2cc(S(=O)(=O)O)ccc21. The van der Waals surface area contributed by atoms with E-state index in [0.717, 1.165) is 79.1 Å². The molecule has 2 aromatic carbocycles. The van der Waals surface area contributed by atoms with Crippen LogP contribution in [-0.2, 0) is 35.9 Å². The highest BCUT2D eigenvalue weighted by Gasteiger charge is 2.45. The minimum absolute atomic E-state index is 0.124. The summed E-state index contributed by atoms with van der Waals surface area (Å²) in [6, 6.07) is 9.56. The van der Waals surface area contributed by atoms with Crippen LogP contribution >= 0.6 is 0 Å². The first-order valence-corrected chi connectivity index (χ1v) is 19.6. The van der Waals surface area contributed by atoms with Gasteiger partial charge in [0, 0.05) is 53.9 Å². The van der Waals surface area contributed by atoms with Crippen molar-refractivity contribution >= 4 is 43.1 Å². The highest BCUT2D eigenvalue weighted by Crippen LogP contribution is 2.51. The molecule has 48 heavy (non-hydrogen) atoms. The molecule has 1 atom stereocenters. The molecule has 0 bridgehead atoms. The molecule has 2 aromatic rings. The van der Waals surface area contributed by atoms with E-state index in [1.165, 1.54) is 12.1 Å². The van der Waals surface area contributed by atoms with E-state index in [1.54, 1.807) is 31.2 Å². The second-order valence-corrected chi connectivity index (χ2v) is 16.4. The molecule has 2 aliphatic heterocycles. The Morgan fingerprint density at radius 3 is 2.10 bits per heavy atom. The highest BCUT2D eigenvalue weighted by atomic mass is 32.2. The number of nitrogens with zero attached hydrogens (tertiary/aromatic N) is 2. The minimum Gasteiger partial charge on any atom is -0.344 e. The summed E-state index contributed by atoms with van der Waals surface area (Å²) in [5.74, 6) is 0.137. The number of allylic oxidation sites excluding steroid dienone is 6. The van der Waals surface area contributed by atoms with E-state index in [9.17, 15) is 30.7 Å². The van der Waals surface area contributed by atoms with E-state index in [0.29, 0.717) is 12.8 Å². The Bertz CT molecular complexity index is 1900. The number of Topliss-reactive ketones (excluding diaryl/α,β-unsaturated/α-hetero) is 1. The van der Waals surface area contributed by atoms with Gasteiger partial charge in [0.05, 0.1) is 15.2 Å². The van der Waals surface area contributed by atoms with Crippen molar-refractivity contribution in [3.63, 3.8) is 0 Å². The van der Waals surface area contributed by atoms with Crippen molar-refractivity contribution in [1.82, 2.24) is 0 Å². The predicted molar refractivity (Wildman–Crippen MR) is 191 cm³/mol. The standard InChI is InChI=1S/C37H48N2O7S2/c1-7-9-24-39-33-21-19-29(48(44,45)46)26-31(33)37(6,22-14-13-15-27(3)40)35(39)17-12-10-11-16-34-36(4,5)30-25-28(47(41,42)43)18-20-32(30)38(34)23-8-2/h10-12,16-21,25-26H,7-9,13-15,22-24H2,1-6H3,(H-,41,42,43,44,45,46)/p+1. The third-order valence-corrected chi connectivity index (χ3v) is 11.2. The lowest BCUT2D eigenvalue weighted by molar-refractivity contribution is -0.437. The number of fused-ring (bicyclic) bond motifs is 2. The van der Waals surface area contributed by atoms with Crippen molar-refractivity contribution in [1.29, 1.82) is 0 Å². The monoisotopic (exact) mass is 697 g/mol. The molecule has 0 amide bonds. The van der Waals surface area contributed by atoms with Gasteiger partial charge in [0.15, 0.2) is 5.71 Å². The van der Waals surface area contributed by atoms with E-state index in [4.69, 9.17) is 0 Å². The predicted octanol–water partition coefficient (Wildman–Crippen LogP) is 7.69. The molecule has 2 N–H and O–H groups in total. The van der Waals surface area contributed by atoms with Crippen LogP contribution in [0.25, 0.3) is 0 Å². The topological polar surface area (TPSA) is 132 Å². The Kier molecular flexibility index (Phi) is 11.4. The number of hydrogen-bond donors (Lipinski definition) is 2. The normalized spacial score (nSPS) is 20.0. The third-order valence-electron chi connectivity index (χ3n) is 9.54. The fraction of sp³-hybridized carbons (Fsp3) is 0.459. The number of anilines is 1. The zero-order chi connectivity index (χ0) is 35.5. The quantitative estimate of drug-likeness (QED) is 0.0838. The number of benzene rings is 2. The largest absolute Gasteiger partial charge is 0.344 e. The van der Waals surface area contributed by atoms with Crippen LogP contribution < -0.4 is 4.90 Å². The van der Waals surface area contributed by atoms with Crippen LogP contribution in [0.1, 0.15) is 97.6 Å². The zero-order valence-electron chi connectivity index (χ0n) is 28.9. The second-order valence-electron chi connectivity index (χ2n) is 13.5. The Labute approximate surface area is 286 Å². The molecular weight excluding hydrogens is 649 g/mol. The maximum atomic E-state index is 12.1. The number of ketones is 1. The first-order chi connectivity index (χ1) is 22.5. The van der Waals surface area contributed by atoms with Crippen molar-refractivity contribution < 1.29 is 35.3 Å². The smallest absolute Gasteiger partial charge is 0.294 e. The summed E-state index contributed by atoms with van der Waals surface area (Å²) in [5.41, 5.74) is 4.47. The molecule has 0 fully saturated rings. The lowest BCUT2D eigenvalue weighted by atomic mass is 9.77. The Balaban J connectivity index is 1.73. The van der Waals surface area contributed by atoms with Gasteiger partial charge in [0.1, 0.15) is 12.3 Å². The number of carbonyl (C=O) groups is 1. The molecule has 2 heterocycles. The molecule has 9 nitrogen and oxygen atoms in total. The lowest BCUT2D eigenvalue weighted by Gasteiger charge is -2.30. The third kappa shape index (κ3) is 7.75. The van der Waals surface area contributed by atoms with Crippen molar-refractivity contribution in [3.05, 3.63) is 83.6 Å². The van der Waals surface area contributed by atoms with Gasteiger partial charge in [-0.3, -0.25) is 9.11 Å². The molecule has 1 unspecified atom stereocenters. The molecule has 0 aromatic heterocycles. The van der Waals surface area contributed by atoms with E-state index < -0.39 is 31.1 Å². The fourth-order valence-corrected chi connectivity index (χ4v) is 8.02. The highest BCUT2D eigenvalue weighted by molar-refractivity contribution is 7.86. The van der Waals surface area contributed by atoms with Gasteiger partial charge in [0.2, 0.25) is 5.69 Å². The molecule has 0 saturated heterocycles. The molecule has 260 valence electrons. The Morgan fingerprint density at radius 1 is 0.854 bits per heavy atom. The van der Waals surface area contributed by atoms with Gasteiger partial charge in [-0.1, -0.05) is 44.9 Å². The van der Waals surface area contributed by atoms with Gasteiger partial charge in [0.25, 0.3) is 20.2 Å². The summed E-state index contributed by atoms with van der Waals surface area (Å²) in [6.07, 6.45) is 15.5. The summed E-state index contributed by atoms with van der Waals surface area (Å²) < 4.78 is 69.8. The maximum Gasteiger partial charge on any atom is 0.294 e. The number of rotatable bonds is 15. The van der Waals surface area contributed by atoms with Crippen molar-refractivity contribution in [2.45, 2.75) is 107 Å². The molecule has 0 radical (unpaired) electrons. The van der Waals surface area contributed by atoms with Crippen LogP contribution in [0.15, 0.2) is 82.3 Å². The minimum atomic E-state index is -4.40. The Hall–Kier alpha value is -3.38. The van der Waals surface area contributed by atoms with E-state index in [1.807, 2.05) is 38.2 Å². The molecule has 4 rings (SSSR count).